The lowest BCUT2D eigenvalue weighted by atomic mass is 10.1. The van der Waals surface area contributed by atoms with Crippen molar-refractivity contribution in [2.24, 2.45) is 11.7 Å². The highest BCUT2D eigenvalue weighted by Crippen LogP contribution is 2.16. The minimum atomic E-state index is 0.624. The quantitative estimate of drug-likeness (QED) is 0.793. The van der Waals surface area contributed by atoms with Gasteiger partial charge in [0.1, 0.15) is 18.0 Å². The van der Waals surface area contributed by atoms with Gasteiger partial charge < -0.3 is 15.5 Å². The molecule has 2 N–H and O–H groups in total. The molecular formula is C13H25N5. The molecule has 18 heavy (non-hydrogen) atoms. The van der Waals surface area contributed by atoms with E-state index in [0.29, 0.717) is 12.5 Å². The lowest BCUT2D eigenvalue weighted by Gasteiger charge is -2.22. The highest BCUT2D eigenvalue weighted by molar-refractivity contribution is 5.49. The van der Waals surface area contributed by atoms with Gasteiger partial charge in [-0.1, -0.05) is 13.8 Å². The van der Waals surface area contributed by atoms with Crippen LogP contribution in [0, 0.1) is 5.92 Å². The van der Waals surface area contributed by atoms with Crippen molar-refractivity contribution in [3.63, 3.8) is 0 Å². The summed E-state index contributed by atoms with van der Waals surface area (Å²) in [5.41, 5.74) is 5.55. The van der Waals surface area contributed by atoms with E-state index < -0.39 is 0 Å². The molecule has 0 aliphatic rings. The summed E-state index contributed by atoms with van der Waals surface area (Å²) >= 11 is 0. The molecule has 0 radical (unpaired) electrons. The van der Waals surface area contributed by atoms with E-state index in [9.17, 15) is 0 Å². The largest absolute Gasteiger partial charge is 0.360 e. The lowest BCUT2D eigenvalue weighted by molar-refractivity contribution is 0.583. The third kappa shape index (κ3) is 4.49. The smallest absolute Gasteiger partial charge is 0.133 e. The van der Waals surface area contributed by atoms with Crippen molar-refractivity contribution in [1.82, 2.24) is 9.97 Å². The first-order valence-corrected chi connectivity index (χ1v) is 6.49. The van der Waals surface area contributed by atoms with Gasteiger partial charge in [-0.05, 0) is 12.3 Å². The van der Waals surface area contributed by atoms with E-state index in [1.54, 1.807) is 6.33 Å². The Morgan fingerprint density at radius 3 is 2.17 bits per heavy atom. The molecule has 1 aromatic rings. The molecule has 0 aliphatic heterocycles. The summed E-state index contributed by atoms with van der Waals surface area (Å²) < 4.78 is 0. The van der Waals surface area contributed by atoms with Crippen molar-refractivity contribution in [3.05, 3.63) is 12.4 Å². The van der Waals surface area contributed by atoms with Gasteiger partial charge in [0.15, 0.2) is 0 Å². The number of rotatable bonds is 7. The second-order valence-corrected chi connectivity index (χ2v) is 5.05. The van der Waals surface area contributed by atoms with Crippen molar-refractivity contribution in [1.29, 1.82) is 0 Å². The van der Waals surface area contributed by atoms with Crippen LogP contribution in [0.1, 0.15) is 20.3 Å². The fourth-order valence-corrected chi connectivity index (χ4v) is 1.63. The van der Waals surface area contributed by atoms with Gasteiger partial charge in [-0.2, -0.15) is 0 Å². The van der Waals surface area contributed by atoms with Gasteiger partial charge in [0, 0.05) is 39.8 Å². The maximum atomic E-state index is 5.55. The second kappa shape index (κ2) is 7.16. The predicted molar refractivity (Wildman–Crippen MR) is 77.1 cm³/mol. The Morgan fingerprint density at radius 2 is 1.67 bits per heavy atom. The van der Waals surface area contributed by atoms with Crippen LogP contribution in [0.3, 0.4) is 0 Å². The fourth-order valence-electron chi connectivity index (χ4n) is 1.63. The molecule has 0 saturated carbocycles. The Morgan fingerprint density at radius 1 is 1.11 bits per heavy atom. The summed E-state index contributed by atoms with van der Waals surface area (Å²) in [7, 11) is 4.06. The number of likely N-dealkylation sites (N-methyl/N-ethyl adjacent to an activating group) is 1. The van der Waals surface area contributed by atoms with Gasteiger partial charge in [-0.3, -0.25) is 0 Å². The van der Waals surface area contributed by atoms with Crippen LogP contribution in [0.4, 0.5) is 11.6 Å². The summed E-state index contributed by atoms with van der Waals surface area (Å²) in [5, 5.41) is 0. The zero-order valence-electron chi connectivity index (χ0n) is 11.9. The summed E-state index contributed by atoms with van der Waals surface area (Å²) in [6.45, 7) is 6.89. The Labute approximate surface area is 110 Å². The molecule has 5 heteroatoms. The first-order valence-electron chi connectivity index (χ1n) is 6.49. The lowest BCUT2D eigenvalue weighted by Crippen LogP contribution is -2.27. The van der Waals surface area contributed by atoms with Crippen LogP contribution in [0.25, 0.3) is 0 Å². The summed E-state index contributed by atoms with van der Waals surface area (Å²) in [6, 6.07) is 2.01. The minimum absolute atomic E-state index is 0.624. The molecule has 0 saturated heterocycles. The van der Waals surface area contributed by atoms with Crippen LogP contribution in [-0.4, -0.2) is 43.7 Å². The van der Waals surface area contributed by atoms with Crippen LogP contribution < -0.4 is 15.5 Å². The standard InChI is InChI=1S/C13H25N5/c1-11(2)5-7-17(3)12-9-13(16-10-15-12)18(4)8-6-14/h9-11H,5-8,14H2,1-4H3. The molecule has 0 aliphatic carbocycles. The molecule has 1 aromatic heterocycles. The van der Waals surface area contributed by atoms with Crippen LogP contribution in [0.5, 0.6) is 0 Å². The molecule has 0 unspecified atom stereocenters. The number of hydrogen-bond acceptors (Lipinski definition) is 5. The number of aromatic nitrogens is 2. The van der Waals surface area contributed by atoms with Gasteiger partial charge in [-0.25, -0.2) is 9.97 Å². The molecule has 0 aromatic carbocycles. The molecular weight excluding hydrogens is 226 g/mol. The Hall–Kier alpha value is -1.36. The number of nitrogens with zero attached hydrogens (tertiary/aromatic N) is 4. The van der Waals surface area contributed by atoms with Crippen LogP contribution in [0.15, 0.2) is 12.4 Å². The second-order valence-electron chi connectivity index (χ2n) is 5.05. The van der Waals surface area contributed by atoms with Crippen molar-refractivity contribution in [3.8, 4) is 0 Å². The Balaban J connectivity index is 2.68. The van der Waals surface area contributed by atoms with Crippen LogP contribution in [0.2, 0.25) is 0 Å². The van der Waals surface area contributed by atoms with Gasteiger partial charge in [0.05, 0.1) is 0 Å². The zero-order valence-corrected chi connectivity index (χ0v) is 11.9. The predicted octanol–water partition coefficient (Wildman–Crippen LogP) is 1.35. The van der Waals surface area contributed by atoms with Crippen LogP contribution in [-0.2, 0) is 0 Å². The molecule has 0 spiro atoms. The van der Waals surface area contributed by atoms with E-state index in [1.807, 2.05) is 18.0 Å². The summed E-state index contributed by atoms with van der Waals surface area (Å²) in [6.07, 6.45) is 2.78. The van der Waals surface area contributed by atoms with Crippen molar-refractivity contribution in [2.45, 2.75) is 20.3 Å². The van der Waals surface area contributed by atoms with Crippen LogP contribution >= 0.6 is 0 Å². The molecule has 0 fully saturated rings. The summed E-state index contributed by atoms with van der Waals surface area (Å²) in [5.74, 6) is 2.58. The average molecular weight is 251 g/mol. The highest BCUT2D eigenvalue weighted by Gasteiger charge is 2.07. The van der Waals surface area contributed by atoms with Gasteiger partial charge in [-0.15, -0.1) is 0 Å². The molecule has 5 nitrogen and oxygen atoms in total. The minimum Gasteiger partial charge on any atom is -0.360 e. The number of nitrogens with two attached hydrogens (primary N) is 1. The zero-order chi connectivity index (χ0) is 13.5. The van der Waals surface area contributed by atoms with Crippen molar-refractivity contribution < 1.29 is 0 Å². The first kappa shape index (κ1) is 14.7. The average Bonchev–Trinajstić information content (AvgIpc) is 2.36. The maximum absolute atomic E-state index is 5.55. The Kier molecular flexibility index (Phi) is 5.85. The normalized spacial score (nSPS) is 10.8. The van der Waals surface area contributed by atoms with E-state index in [-0.39, 0.29) is 0 Å². The number of anilines is 2. The van der Waals surface area contributed by atoms with Crippen molar-refractivity contribution >= 4 is 11.6 Å². The van der Waals surface area contributed by atoms with E-state index in [2.05, 4.69) is 35.8 Å². The van der Waals surface area contributed by atoms with E-state index in [0.717, 1.165) is 31.1 Å². The number of hydrogen-bond donors (Lipinski definition) is 1. The van der Waals surface area contributed by atoms with Crippen molar-refractivity contribution in [2.75, 3.05) is 43.5 Å². The molecule has 0 bridgehead atoms. The van der Waals surface area contributed by atoms with Gasteiger partial charge in [0.2, 0.25) is 0 Å². The molecule has 102 valence electrons. The molecule has 1 heterocycles. The van der Waals surface area contributed by atoms with E-state index >= 15 is 0 Å². The van der Waals surface area contributed by atoms with E-state index in [1.165, 1.54) is 0 Å². The molecule has 0 atom stereocenters. The topological polar surface area (TPSA) is 58.3 Å². The third-order valence-corrected chi connectivity index (χ3v) is 2.93. The third-order valence-electron chi connectivity index (χ3n) is 2.93. The SMILES string of the molecule is CC(C)CCN(C)c1cc(N(C)CCN)ncn1. The Bertz CT molecular complexity index is 353. The maximum Gasteiger partial charge on any atom is 0.133 e. The van der Waals surface area contributed by atoms with Gasteiger partial charge in [0.25, 0.3) is 0 Å². The summed E-state index contributed by atoms with van der Waals surface area (Å²) in [4.78, 5) is 12.8. The van der Waals surface area contributed by atoms with Gasteiger partial charge >= 0.3 is 0 Å². The van der Waals surface area contributed by atoms with E-state index in [4.69, 9.17) is 5.73 Å². The molecule has 1 rings (SSSR count). The molecule has 0 amide bonds. The highest BCUT2D eigenvalue weighted by atomic mass is 15.2. The first-order chi connectivity index (χ1) is 8.54. The fraction of sp³-hybridized carbons (Fsp3) is 0.692. The monoisotopic (exact) mass is 251 g/mol.